The normalized spacial score (nSPS) is 13.8. The fourth-order valence-electron chi connectivity index (χ4n) is 2.48. The van der Waals surface area contributed by atoms with Crippen molar-refractivity contribution in [2.45, 2.75) is 6.10 Å². The quantitative estimate of drug-likeness (QED) is 0.861. The highest BCUT2D eigenvalue weighted by Crippen LogP contribution is 2.20. The van der Waals surface area contributed by atoms with Crippen LogP contribution in [0.4, 0.5) is 5.69 Å². The van der Waals surface area contributed by atoms with Crippen molar-refractivity contribution in [2.24, 2.45) is 0 Å². The van der Waals surface area contributed by atoms with Gasteiger partial charge in [0.05, 0.1) is 13.1 Å². The van der Waals surface area contributed by atoms with Crippen molar-refractivity contribution in [3.8, 4) is 5.75 Å². The van der Waals surface area contributed by atoms with Gasteiger partial charge in [0.1, 0.15) is 11.9 Å². The topological polar surface area (TPSA) is 58.6 Å². The molecule has 0 spiro atoms. The van der Waals surface area contributed by atoms with E-state index < -0.39 is 0 Å². The molecule has 0 bridgehead atoms. The lowest BCUT2D eigenvalue weighted by molar-refractivity contribution is -0.111. The molecule has 1 saturated heterocycles. The second-order valence-electron chi connectivity index (χ2n) is 5.54. The molecule has 5 nitrogen and oxygen atoms in total. The Kier molecular flexibility index (Phi) is 4.61. The Bertz CT molecular complexity index is 752. The first-order chi connectivity index (χ1) is 11.7. The average Bonchev–Trinajstić information content (AvgIpc) is 2.58. The van der Waals surface area contributed by atoms with Gasteiger partial charge in [-0.1, -0.05) is 30.8 Å². The van der Waals surface area contributed by atoms with Crippen LogP contribution in [0.3, 0.4) is 0 Å². The Hall–Kier alpha value is -3.08. The van der Waals surface area contributed by atoms with E-state index >= 15 is 0 Å². The molecule has 0 radical (unpaired) electrons. The Morgan fingerprint density at radius 3 is 2.58 bits per heavy atom. The number of amides is 2. The summed E-state index contributed by atoms with van der Waals surface area (Å²) < 4.78 is 5.80. The monoisotopic (exact) mass is 322 g/mol. The van der Waals surface area contributed by atoms with Crippen LogP contribution in [0, 0.1) is 0 Å². The summed E-state index contributed by atoms with van der Waals surface area (Å²) in [5, 5.41) is 2.65. The first kappa shape index (κ1) is 15.8. The number of nitrogens with one attached hydrogen (secondary N) is 1. The van der Waals surface area contributed by atoms with Crippen molar-refractivity contribution in [3.63, 3.8) is 0 Å². The lowest BCUT2D eigenvalue weighted by atomic mass is 10.1. The number of hydrogen-bond acceptors (Lipinski definition) is 3. The minimum Gasteiger partial charge on any atom is -0.487 e. The van der Waals surface area contributed by atoms with Crippen LogP contribution in [0.2, 0.25) is 0 Å². The van der Waals surface area contributed by atoms with Crippen LogP contribution in [0.1, 0.15) is 10.4 Å². The van der Waals surface area contributed by atoms with Gasteiger partial charge in [0.25, 0.3) is 5.91 Å². The molecule has 1 heterocycles. The Balaban J connectivity index is 1.57. The molecule has 1 N–H and O–H groups in total. The zero-order valence-electron chi connectivity index (χ0n) is 13.1. The minimum atomic E-state index is -0.306. The number of anilines is 1. The fourth-order valence-corrected chi connectivity index (χ4v) is 2.48. The number of likely N-dealkylation sites (tertiary alicyclic amines) is 1. The summed E-state index contributed by atoms with van der Waals surface area (Å²) in [6, 6.07) is 16.4. The van der Waals surface area contributed by atoms with Crippen LogP contribution in [-0.4, -0.2) is 35.9 Å². The Morgan fingerprint density at radius 1 is 1.12 bits per heavy atom. The molecule has 2 amide bonds. The molecule has 2 aromatic carbocycles. The van der Waals surface area contributed by atoms with E-state index in [0.29, 0.717) is 24.3 Å². The predicted molar refractivity (Wildman–Crippen MR) is 92.0 cm³/mol. The highest BCUT2D eigenvalue weighted by Gasteiger charge is 2.32. The minimum absolute atomic E-state index is 0.0139. The Labute approximate surface area is 140 Å². The zero-order chi connectivity index (χ0) is 16.9. The number of benzene rings is 2. The van der Waals surface area contributed by atoms with Crippen LogP contribution >= 0.6 is 0 Å². The summed E-state index contributed by atoms with van der Waals surface area (Å²) >= 11 is 0. The van der Waals surface area contributed by atoms with Gasteiger partial charge in [-0.2, -0.15) is 0 Å². The molecule has 0 unspecified atom stereocenters. The summed E-state index contributed by atoms with van der Waals surface area (Å²) in [5.41, 5.74) is 1.11. The van der Waals surface area contributed by atoms with Gasteiger partial charge >= 0.3 is 0 Å². The maximum Gasteiger partial charge on any atom is 0.254 e. The molecule has 2 aromatic rings. The lowest BCUT2D eigenvalue weighted by Crippen LogP contribution is -2.56. The van der Waals surface area contributed by atoms with Crippen molar-refractivity contribution in [1.29, 1.82) is 0 Å². The molecule has 5 heteroatoms. The molecule has 1 fully saturated rings. The van der Waals surface area contributed by atoms with Gasteiger partial charge in [-0.25, -0.2) is 0 Å². The number of rotatable bonds is 5. The SMILES string of the molecule is C=CC(=O)Nc1cccc(C(=O)N2CC(Oc3ccccc3)C2)c1. The van der Waals surface area contributed by atoms with Crippen molar-refractivity contribution >= 4 is 17.5 Å². The smallest absolute Gasteiger partial charge is 0.254 e. The summed E-state index contributed by atoms with van der Waals surface area (Å²) in [4.78, 5) is 25.5. The molecule has 1 aliphatic heterocycles. The van der Waals surface area contributed by atoms with Gasteiger partial charge in [-0.3, -0.25) is 9.59 Å². The van der Waals surface area contributed by atoms with E-state index in [0.717, 1.165) is 5.75 Å². The molecular formula is C19H18N2O3. The number of nitrogens with zero attached hydrogens (tertiary/aromatic N) is 1. The van der Waals surface area contributed by atoms with Crippen LogP contribution in [0.25, 0.3) is 0 Å². The zero-order valence-corrected chi connectivity index (χ0v) is 13.1. The highest BCUT2D eigenvalue weighted by atomic mass is 16.5. The number of carbonyl (C=O) groups excluding carboxylic acids is 2. The van der Waals surface area contributed by atoms with Gasteiger partial charge in [0.15, 0.2) is 0 Å². The summed E-state index contributed by atoms with van der Waals surface area (Å²) in [7, 11) is 0. The van der Waals surface area contributed by atoms with Crippen LogP contribution < -0.4 is 10.1 Å². The van der Waals surface area contributed by atoms with Crippen molar-refractivity contribution in [1.82, 2.24) is 4.90 Å². The van der Waals surface area contributed by atoms with Crippen molar-refractivity contribution in [3.05, 3.63) is 72.8 Å². The maximum absolute atomic E-state index is 12.5. The first-order valence-corrected chi connectivity index (χ1v) is 7.70. The molecule has 24 heavy (non-hydrogen) atoms. The molecule has 0 atom stereocenters. The van der Waals surface area contributed by atoms with E-state index in [1.807, 2.05) is 30.3 Å². The van der Waals surface area contributed by atoms with Gasteiger partial charge < -0.3 is 15.0 Å². The van der Waals surface area contributed by atoms with Gasteiger partial charge in [0, 0.05) is 11.3 Å². The first-order valence-electron chi connectivity index (χ1n) is 7.70. The fraction of sp³-hybridized carbons (Fsp3) is 0.158. The van der Waals surface area contributed by atoms with Crippen LogP contribution in [0.15, 0.2) is 67.3 Å². The number of carbonyl (C=O) groups is 2. The molecule has 0 aliphatic carbocycles. The van der Waals surface area contributed by atoms with Gasteiger partial charge in [-0.05, 0) is 36.4 Å². The van der Waals surface area contributed by atoms with Gasteiger partial charge in [0.2, 0.25) is 5.91 Å². The van der Waals surface area contributed by atoms with E-state index in [2.05, 4.69) is 11.9 Å². The number of hydrogen-bond donors (Lipinski definition) is 1. The van der Waals surface area contributed by atoms with E-state index in [4.69, 9.17) is 4.74 Å². The molecule has 122 valence electrons. The number of ether oxygens (including phenoxy) is 1. The molecule has 3 rings (SSSR count). The lowest BCUT2D eigenvalue weighted by Gasteiger charge is -2.39. The number of para-hydroxylation sites is 1. The Morgan fingerprint density at radius 2 is 1.88 bits per heavy atom. The maximum atomic E-state index is 12.5. The third kappa shape index (κ3) is 3.63. The van der Waals surface area contributed by atoms with Crippen molar-refractivity contribution in [2.75, 3.05) is 18.4 Å². The molecule has 0 saturated carbocycles. The second kappa shape index (κ2) is 7.00. The molecule has 0 aromatic heterocycles. The van der Waals surface area contributed by atoms with E-state index in [1.54, 1.807) is 29.2 Å². The third-order valence-corrected chi connectivity index (χ3v) is 3.74. The summed E-state index contributed by atoms with van der Waals surface area (Å²) in [5.74, 6) is 0.432. The summed E-state index contributed by atoms with van der Waals surface area (Å²) in [6.45, 7) is 4.51. The van der Waals surface area contributed by atoms with Gasteiger partial charge in [-0.15, -0.1) is 0 Å². The molecular weight excluding hydrogens is 304 g/mol. The van der Waals surface area contributed by atoms with E-state index in [9.17, 15) is 9.59 Å². The summed E-state index contributed by atoms with van der Waals surface area (Å²) in [6.07, 6.45) is 1.20. The van der Waals surface area contributed by atoms with E-state index in [-0.39, 0.29) is 17.9 Å². The van der Waals surface area contributed by atoms with Crippen LogP contribution in [-0.2, 0) is 4.79 Å². The predicted octanol–water partition coefficient (Wildman–Crippen LogP) is 2.71. The molecule has 1 aliphatic rings. The van der Waals surface area contributed by atoms with E-state index in [1.165, 1.54) is 6.08 Å². The third-order valence-electron chi connectivity index (χ3n) is 3.74. The standard InChI is InChI=1S/C19H18N2O3/c1-2-18(22)20-15-8-6-7-14(11-15)19(23)21-12-17(13-21)24-16-9-4-3-5-10-16/h2-11,17H,1,12-13H2,(H,20,22). The van der Waals surface area contributed by atoms with Crippen molar-refractivity contribution < 1.29 is 14.3 Å². The van der Waals surface area contributed by atoms with Crippen LogP contribution in [0.5, 0.6) is 5.75 Å². The largest absolute Gasteiger partial charge is 0.487 e. The highest BCUT2D eigenvalue weighted by molar-refractivity contribution is 6.01. The second-order valence-corrected chi connectivity index (χ2v) is 5.54. The average molecular weight is 322 g/mol.